The molecule has 6 heteroatoms. The summed E-state index contributed by atoms with van der Waals surface area (Å²) in [6, 6.07) is 7.66. The maximum absolute atomic E-state index is 13.2. The molecule has 2 heterocycles. The van der Waals surface area contributed by atoms with E-state index in [9.17, 15) is 9.18 Å². The van der Waals surface area contributed by atoms with Gasteiger partial charge in [-0.2, -0.15) is 5.10 Å². The van der Waals surface area contributed by atoms with Crippen LogP contribution in [0, 0.1) is 5.82 Å². The first-order valence-corrected chi connectivity index (χ1v) is 5.49. The standard InChI is InChI=1S/C13H8FN3O2/c14-9-3-1-2-8(6-9)11-4-5-15-12-10(13(18)19)7-16-17(11)12/h1-7H,(H,18,19). The fourth-order valence-corrected chi connectivity index (χ4v) is 1.91. The largest absolute Gasteiger partial charge is 0.477 e. The van der Waals surface area contributed by atoms with E-state index in [1.807, 2.05) is 0 Å². The molecule has 0 saturated heterocycles. The van der Waals surface area contributed by atoms with Gasteiger partial charge in [0.05, 0.1) is 11.9 Å². The molecule has 0 fully saturated rings. The van der Waals surface area contributed by atoms with Crippen molar-refractivity contribution in [1.29, 1.82) is 0 Å². The van der Waals surface area contributed by atoms with Gasteiger partial charge in [-0.25, -0.2) is 18.7 Å². The van der Waals surface area contributed by atoms with E-state index in [-0.39, 0.29) is 17.0 Å². The van der Waals surface area contributed by atoms with Crippen molar-refractivity contribution >= 4 is 11.6 Å². The fraction of sp³-hybridized carbons (Fsp3) is 0. The number of hydrogen-bond donors (Lipinski definition) is 1. The normalized spacial score (nSPS) is 10.8. The number of rotatable bonds is 2. The van der Waals surface area contributed by atoms with Crippen LogP contribution in [-0.4, -0.2) is 25.7 Å². The smallest absolute Gasteiger partial charge is 0.341 e. The van der Waals surface area contributed by atoms with Crippen molar-refractivity contribution in [1.82, 2.24) is 14.6 Å². The monoisotopic (exact) mass is 257 g/mol. The minimum absolute atomic E-state index is 0.0123. The van der Waals surface area contributed by atoms with E-state index >= 15 is 0 Å². The predicted molar refractivity (Wildman–Crippen MR) is 65.3 cm³/mol. The third kappa shape index (κ3) is 1.83. The van der Waals surface area contributed by atoms with Gasteiger partial charge in [-0.1, -0.05) is 12.1 Å². The molecule has 3 rings (SSSR count). The van der Waals surface area contributed by atoms with Gasteiger partial charge in [0.25, 0.3) is 0 Å². The van der Waals surface area contributed by atoms with Gasteiger partial charge >= 0.3 is 5.97 Å². The topological polar surface area (TPSA) is 67.5 Å². The van der Waals surface area contributed by atoms with Crippen molar-refractivity contribution in [2.24, 2.45) is 0 Å². The molecule has 0 aliphatic rings. The zero-order valence-electron chi connectivity index (χ0n) is 9.62. The molecule has 0 radical (unpaired) electrons. The van der Waals surface area contributed by atoms with Crippen molar-refractivity contribution in [3.8, 4) is 11.3 Å². The third-order valence-corrected chi connectivity index (χ3v) is 2.75. The lowest BCUT2D eigenvalue weighted by Crippen LogP contribution is -1.99. The highest BCUT2D eigenvalue weighted by Crippen LogP contribution is 2.21. The first kappa shape index (κ1) is 11.3. The Kier molecular flexibility index (Phi) is 2.49. The molecule has 0 atom stereocenters. The molecule has 0 saturated carbocycles. The summed E-state index contributed by atoms with van der Waals surface area (Å²) >= 11 is 0. The Morgan fingerprint density at radius 3 is 2.89 bits per heavy atom. The predicted octanol–water partition coefficient (Wildman–Crippen LogP) is 2.23. The summed E-state index contributed by atoms with van der Waals surface area (Å²) in [4.78, 5) is 15.0. The number of aromatic carboxylic acids is 1. The number of halogens is 1. The van der Waals surface area contributed by atoms with E-state index < -0.39 is 5.97 Å². The van der Waals surface area contributed by atoms with Gasteiger partial charge in [-0.15, -0.1) is 0 Å². The average Bonchev–Trinajstić information content (AvgIpc) is 2.82. The molecular weight excluding hydrogens is 249 g/mol. The number of fused-ring (bicyclic) bond motifs is 1. The first-order valence-electron chi connectivity index (χ1n) is 5.49. The molecule has 1 aromatic carbocycles. The molecule has 0 bridgehead atoms. The van der Waals surface area contributed by atoms with Crippen LogP contribution < -0.4 is 0 Å². The SMILES string of the molecule is O=C(O)c1cnn2c(-c3cccc(F)c3)ccnc12. The van der Waals surface area contributed by atoms with Crippen LogP contribution in [0.2, 0.25) is 0 Å². The molecule has 3 aromatic rings. The molecular formula is C13H8FN3O2. The molecule has 0 unspecified atom stereocenters. The van der Waals surface area contributed by atoms with Crippen LogP contribution in [0.15, 0.2) is 42.7 Å². The minimum atomic E-state index is -1.10. The van der Waals surface area contributed by atoms with Crippen molar-refractivity contribution < 1.29 is 14.3 Å². The average molecular weight is 257 g/mol. The first-order chi connectivity index (χ1) is 9.16. The van der Waals surface area contributed by atoms with Crippen LogP contribution in [-0.2, 0) is 0 Å². The van der Waals surface area contributed by atoms with Gasteiger partial charge in [-0.05, 0) is 18.2 Å². The number of aromatic nitrogens is 3. The molecule has 0 aliphatic carbocycles. The second-order valence-electron chi connectivity index (χ2n) is 3.94. The Balaban J connectivity index is 2.28. The van der Waals surface area contributed by atoms with E-state index in [0.717, 1.165) is 0 Å². The summed E-state index contributed by atoms with van der Waals surface area (Å²) in [6.45, 7) is 0. The minimum Gasteiger partial charge on any atom is -0.477 e. The number of carbonyl (C=O) groups is 1. The highest BCUT2D eigenvalue weighted by Gasteiger charge is 2.14. The van der Waals surface area contributed by atoms with Crippen molar-refractivity contribution in [3.05, 3.63) is 54.1 Å². The van der Waals surface area contributed by atoms with E-state index in [4.69, 9.17) is 5.11 Å². The van der Waals surface area contributed by atoms with Crippen molar-refractivity contribution in [2.45, 2.75) is 0 Å². The summed E-state index contributed by atoms with van der Waals surface area (Å²) < 4.78 is 14.6. The lowest BCUT2D eigenvalue weighted by Gasteiger charge is -2.04. The molecule has 1 N–H and O–H groups in total. The highest BCUT2D eigenvalue weighted by atomic mass is 19.1. The van der Waals surface area contributed by atoms with Gasteiger partial charge in [0.2, 0.25) is 0 Å². The molecule has 94 valence electrons. The summed E-state index contributed by atoms with van der Waals surface area (Å²) in [6.07, 6.45) is 2.71. The summed E-state index contributed by atoms with van der Waals surface area (Å²) in [5.74, 6) is -1.47. The number of carboxylic acids is 1. The van der Waals surface area contributed by atoms with Crippen LogP contribution >= 0.6 is 0 Å². The lowest BCUT2D eigenvalue weighted by molar-refractivity contribution is 0.0699. The zero-order valence-corrected chi connectivity index (χ0v) is 9.62. The quantitative estimate of drug-likeness (QED) is 0.764. The van der Waals surface area contributed by atoms with Crippen LogP contribution in [0.5, 0.6) is 0 Å². The Hall–Kier alpha value is -2.76. The summed E-state index contributed by atoms with van der Waals surface area (Å²) in [5, 5.41) is 13.0. The molecule has 5 nitrogen and oxygen atoms in total. The summed E-state index contributed by atoms with van der Waals surface area (Å²) in [5.41, 5.74) is 1.43. The van der Waals surface area contributed by atoms with Gasteiger partial charge < -0.3 is 5.11 Å². The number of benzene rings is 1. The third-order valence-electron chi connectivity index (χ3n) is 2.75. The van der Waals surface area contributed by atoms with E-state index in [0.29, 0.717) is 11.3 Å². The van der Waals surface area contributed by atoms with Crippen LogP contribution in [0.3, 0.4) is 0 Å². The number of nitrogens with zero attached hydrogens (tertiary/aromatic N) is 3. The second kappa shape index (κ2) is 4.16. The Labute approximate surface area is 107 Å². The van der Waals surface area contributed by atoms with Crippen LogP contribution in [0.25, 0.3) is 16.9 Å². The molecule has 2 aromatic heterocycles. The molecule has 0 amide bonds. The highest BCUT2D eigenvalue weighted by molar-refractivity contribution is 5.94. The van der Waals surface area contributed by atoms with Gasteiger partial charge in [0.1, 0.15) is 11.4 Å². The fourth-order valence-electron chi connectivity index (χ4n) is 1.91. The summed E-state index contributed by atoms with van der Waals surface area (Å²) in [7, 11) is 0. The number of carboxylic acid groups (broad SMARTS) is 1. The van der Waals surface area contributed by atoms with E-state index in [2.05, 4.69) is 10.1 Å². The second-order valence-corrected chi connectivity index (χ2v) is 3.94. The Morgan fingerprint density at radius 1 is 1.32 bits per heavy atom. The maximum atomic E-state index is 13.2. The van der Waals surface area contributed by atoms with E-state index in [1.54, 1.807) is 18.2 Å². The Bertz CT molecular complexity index is 782. The lowest BCUT2D eigenvalue weighted by atomic mass is 10.1. The molecule has 0 aliphatic heterocycles. The molecule has 19 heavy (non-hydrogen) atoms. The Morgan fingerprint density at radius 2 is 2.16 bits per heavy atom. The van der Waals surface area contributed by atoms with Crippen LogP contribution in [0.4, 0.5) is 4.39 Å². The van der Waals surface area contributed by atoms with Gasteiger partial charge in [0, 0.05) is 11.8 Å². The maximum Gasteiger partial charge on any atom is 0.341 e. The zero-order chi connectivity index (χ0) is 13.4. The van der Waals surface area contributed by atoms with Crippen molar-refractivity contribution in [3.63, 3.8) is 0 Å². The number of hydrogen-bond acceptors (Lipinski definition) is 3. The van der Waals surface area contributed by atoms with Crippen LogP contribution in [0.1, 0.15) is 10.4 Å². The van der Waals surface area contributed by atoms with Gasteiger partial charge in [0.15, 0.2) is 5.65 Å². The van der Waals surface area contributed by atoms with E-state index in [1.165, 1.54) is 29.0 Å². The molecule has 0 spiro atoms. The van der Waals surface area contributed by atoms with Crippen molar-refractivity contribution in [2.75, 3.05) is 0 Å². The van der Waals surface area contributed by atoms with Gasteiger partial charge in [-0.3, -0.25) is 0 Å².